The molecule has 0 aliphatic heterocycles. The number of aliphatic hydroxyl groups is 1. The molecule has 0 bridgehead atoms. The zero-order valence-corrected chi connectivity index (χ0v) is 6.57. The molecule has 11 heavy (non-hydrogen) atoms. The first kappa shape index (κ1) is 10.9. The SMILES string of the molecule is O=C[C@H](O)NCCOP(O)O. The van der Waals surface area contributed by atoms with Crippen LogP contribution in [-0.2, 0) is 9.32 Å². The lowest BCUT2D eigenvalue weighted by Crippen LogP contribution is -2.32. The highest BCUT2D eigenvalue weighted by Crippen LogP contribution is 2.22. The van der Waals surface area contributed by atoms with Crippen molar-refractivity contribution < 1.29 is 24.2 Å². The Morgan fingerprint density at radius 1 is 1.64 bits per heavy atom. The van der Waals surface area contributed by atoms with E-state index in [1.54, 1.807) is 0 Å². The molecule has 1 atom stereocenters. The summed E-state index contributed by atoms with van der Waals surface area (Å²) in [4.78, 5) is 26.2. The third-order valence-electron chi connectivity index (χ3n) is 0.791. The average Bonchev–Trinajstić information content (AvgIpc) is 1.97. The minimum atomic E-state index is -2.35. The highest BCUT2D eigenvalue weighted by molar-refractivity contribution is 7.39. The second kappa shape index (κ2) is 6.60. The maximum absolute atomic E-state index is 9.78. The molecule has 0 amide bonds. The monoisotopic (exact) mass is 183 g/mol. The smallest absolute Gasteiger partial charge is 0.327 e. The van der Waals surface area contributed by atoms with Crippen LogP contribution < -0.4 is 5.32 Å². The fraction of sp³-hybridized carbons (Fsp3) is 0.750. The lowest BCUT2D eigenvalue weighted by Gasteiger charge is -2.06. The number of aldehydes is 1. The van der Waals surface area contributed by atoms with Crippen molar-refractivity contribution in [1.29, 1.82) is 0 Å². The third kappa shape index (κ3) is 7.80. The van der Waals surface area contributed by atoms with E-state index in [2.05, 4.69) is 9.84 Å². The predicted octanol–water partition coefficient (Wildman–Crippen LogP) is -1.68. The predicted molar refractivity (Wildman–Crippen MR) is 37.4 cm³/mol. The van der Waals surface area contributed by atoms with Crippen molar-refractivity contribution in [3.63, 3.8) is 0 Å². The fourth-order valence-corrected chi connectivity index (χ4v) is 0.637. The normalized spacial score (nSPS) is 13.5. The first-order valence-corrected chi connectivity index (χ1v) is 4.01. The van der Waals surface area contributed by atoms with Crippen LogP contribution in [0.1, 0.15) is 0 Å². The number of hydrogen-bond donors (Lipinski definition) is 4. The van der Waals surface area contributed by atoms with Crippen LogP contribution in [0, 0.1) is 0 Å². The van der Waals surface area contributed by atoms with Crippen molar-refractivity contribution in [3.8, 4) is 0 Å². The van der Waals surface area contributed by atoms with Gasteiger partial charge in [-0.1, -0.05) is 0 Å². The van der Waals surface area contributed by atoms with Crippen LogP contribution in [0.5, 0.6) is 0 Å². The van der Waals surface area contributed by atoms with E-state index in [9.17, 15) is 4.79 Å². The Balaban J connectivity index is 3.07. The molecule has 0 unspecified atom stereocenters. The number of hydrogen-bond acceptors (Lipinski definition) is 6. The van der Waals surface area contributed by atoms with Crippen molar-refractivity contribution in [3.05, 3.63) is 0 Å². The van der Waals surface area contributed by atoms with Gasteiger partial charge in [-0.2, -0.15) is 0 Å². The van der Waals surface area contributed by atoms with Gasteiger partial charge in [-0.15, -0.1) is 0 Å². The number of nitrogens with one attached hydrogen (secondary N) is 1. The van der Waals surface area contributed by atoms with E-state index >= 15 is 0 Å². The van der Waals surface area contributed by atoms with Gasteiger partial charge in [0.15, 0.2) is 12.5 Å². The van der Waals surface area contributed by atoms with Crippen LogP contribution in [0.3, 0.4) is 0 Å². The molecule has 7 heteroatoms. The summed E-state index contributed by atoms with van der Waals surface area (Å²) in [7, 11) is -2.35. The summed E-state index contributed by atoms with van der Waals surface area (Å²) in [5.74, 6) is 0. The van der Waals surface area contributed by atoms with Crippen molar-refractivity contribution in [2.75, 3.05) is 13.2 Å². The largest absolute Gasteiger partial charge is 0.372 e. The van der Waals surface area contributed by atoms with E-state index in [0.29, 0.717) is 6.29 Å². The maximum Gasteiger partial charge on any atom is 0.327 e. The Hall–Kier alpha value is -0.1000. The molecule has 0 fully saturated rings. The van der Waals surface area contributed by atoms with E-state index in [0.717, 1.165) is 0 Å². The van der Waals surface area contributed by atoms with Crippen molar-refractivity contribution in [2.45, 2.75) is 6.23 Å². The summed E-state index contributed by atoms with van der Waals surface area (Å²) in [6, 6.07) is 0. The Kier molecular flexibility index (Phi) is 6.54. The van der Waals surface area contributed by atoms with Crippen molar-refractivity contribution in [2.24, 2.45) is 0 Å². The Bertz CT molecular complexity index is 111. The summed E-state index contributed by atoms with van der Waals surface area (Å²) in [6.45, 7) is 0.212. The van der Waals surface area contributed by atoms with Gasteiger partial charge in [-0.05, 0) is 0 Å². The zero-order chi connectivity index (χ0) is 8.69. The van der Waals surface area contributed by atoms with Gasteiger partial charge >= 0.3 is 8.60 Å². The van der Waals surface area contributed by atoms with Gasteiger partial charge in [0, 0.05) is 6.54 Å². The second-order valence-electron chi connectivity index (χ2n) is 1.62. The van der Waals surface area contributed by atoms with Gasteiger partial charge in [0.1, 0.15) is 0 Å². The molecule has 0 saturated carbocycles. The molecule has 0 saturated heterocycles. The first-order chi connectivity index (χ1) is 5.16. The summed E-state index contributed by atoms with van der Waals surface area (Å²) >= 11 is 0. The molecule has 0 aromatic carbocycles. The lowest BCUT2D eigenvalue weighted by molar-refractivity contribution is -0.116. The molecule has 66 valence electrons. The summed E-state index contributed by atoms with van der Waals surface area (Å²) < 4.78 is 4.32. The Morgan fingerprint density at radius 3 is 2.73 bits per heavy atom. The van der Waals surface area contributed by atoms with Crippen LogP contribution in [0.2, 0.25) is 0 Å². The highest BCUT2D eigenvalue weighted by atomic mass is 31.2. The van der Waals surface area contributed by atoms with Gasteiger partial charge < -0.3 is 19.4 Å². The molecule has 0 aromatic heterocycles. The first-order valence-electron chi connectivity index (χ1n) is 2.84. The van der Waals surface area contributed by atoms with E-state index in [-0.39, 0.29) is 13.2 Å². The minimum Gasteiger partial charge on any atom is -0.372 e. The van der Waals surface area contributed by atoms with Gasteiger partial charge in [0.25, 0.3) is 0 Å². The summed E-state index contributed by atoms with van der Waals surface area (Å²) in [6.07, 6.45) is -0.900. The van der Waals surface area contributed by atoms with Crippen molar-refractivity contribution >= 4 is 14.9 Å². The van der Waals surface area contributed by atoms with Crippen LogP contribution in [-0.4, -0.2) is 40.6 Å². The Morgan fingerprint density at radius 2 is 2.27 bits per heavy atom. The molecule has 0 rings (SSSR count). The standard InChI is InChI=1S/C4H10NO5P/c6-3-4(7)5-1-2-10-11(8)9/h3-5,7-9H,1-2H2/t4-/m0/s1. The number of carbonyl (C=O) groups excluding carboxylic acids is 1. The lowest BCUT2D eigenvalue weighted by atomic mass is 10.6. The van der Waals surface area contributed by atoms with Gasteiger partial charge in [-0.3, -0.25) is 10.1 Å². The molecular formula is C4H10NO5P. The number of aliphatic hydroxyl groups excluding tert-OH is 1. The molecule has 6 nitrogen and oxygen atoms in total. The van der Waals surface area contributed by atoms with Crippen LogP contribution in [0.4, 0.5) is 0 Å². The van der Waals surface area contributed by atoms with Crippen LogP contribution in [0.25, 0.3) is 0 Å². The number of rotatable bonds is 6. The molecule has 0 spiro atoms. The van der Waals surface area contributed by atoms with E-state index < -0.39 is 14.8 Å². The number of carbonyl (C=O) groups is 1. The Labute approximate surface area is 64.8 Å². The topological polar surface area (TPSA) is 99.0 Å². The molecule has 0 aliphatic rings. The average molecular weight is 183 g/mol. The van der Waals surface area contributed by atoms with E-state index in [4.69, 9.17) is 14.9 Å². The zero-order valence-electron chi connectivity index (χ0n) is 5.67. The molecule has 0 aliphatic carbocycles. The van der Waals surface area contributed by atoms with E-state index in [1.165, 1.54) is 0 Å². The third-order valence-corrected chi connectivity index (χ3v) is 1.20. The van der Waals surface area contributed by atoms with E-state index in [1.807, 2.05) is 0 Å². The molecule has 4 N–H and O–H groups in total. The van der Waals surface area contributed by atoms with Gasteiger partial charge in [0.05, 0.1) is 6.61 Å². The van der Waals surface area contributed by atoms with Crippen LogP contribution in [0.15, 0.2) is 0 Å². The molecule has 0 heterocycles. The molecular weight excluding hydrogens is 173 g/mol. The summed E-state index contributed by atoms with van der Waals surface area (Å²) in [5, 5.41) is 10.9. The molecule has 0 aromatic rings. The van der Waals surface area contributed by atoms with Gasteiger partial charge in [0.2, 0.25) is 0 Å². The minimum absolute atomic E-state index is 0.0314. The summed E-state index contributed by atoms with van der Waals surface area (Å²) in [5.41, 5.74) is 0. The quantitative estimate of drug-likeness (QED) is 0.170. The van der Waals surface area contributed by atoms with Gasteiger partial charge in [-0.25, -0.2) is 0 Å². The molecule has 0 radical (unpaired) electrons. The maximum atomic E-state index is 9.78. The highest BCUT2D eigenvalue weighted by Gasteiger charge is 2.00. The second-order valence-corrected chi connectivity index (χ2v) is 2.38. The fourth-order valence-electron chi connectivity index (χ4n) is 0.382. The van der Waals surface area contributed by atoms with Crippen molar-refractivity contribution in [1.82, 2.24) is 5.32 Å². The van der Waals surface area contributed by atoms with Crippen LogP contribution >= 0.6 is 8.60 Å².